The van der Waals surface area contributed by atoms with E-state index in [1.165, 1.54) is 0 Å². The van der Waals surface area contributed by atoms with Crippen LogP contribution in [0.3, 0.4) is 0 Å². The standard InChI is InChI=1S/C21H34ClN2O15P/c1-12(2)37-18(28)32-10-35-40(31,36-11-33-19(29)38-13(3)4)34-9-21(8-22)15(26)20(5,30)16(39-21)24-7-6-14(25)23-17(24)27/h6-7,12-13,15-16,18,26,28,30H,8-11H2,1-5H3,(H,23,25,27)/t15-,16+,18?,20+,21+,40?/m0/s1. The third-order valence-corrected chi connectivity index (χ3v) is 6.97. The van der Waals surface area contributed by atoms with Gasteiger partial charge in [0, 0.05) is 12.3 Å². The Hall–Kier alpha value is -1.89. The fraction of sp³-hybridized carbons (Fsp3) is 0.762. The van der Waals surface area contributed by atoms with Gasteiger partial charge in [0.25, 0.3) is 12.0 Å². The number of rotatable bonds is 15. The maximum Gasteiger partial charge on any atom is 0.510 e. The predicted molar refractivity (Wildman–Crippen MR) is 133 cm³/mol. The molecular weight excluding hydrogens is 587 g/mol. The van der Waals surface area contributed by atoms with Crippen molar-refractivity contribution in [1.29, 1.82) is 0 Å². The van der Waals surface area contributed by atoms with Crippen LogP contribution in [0.1, 0.15) is 40.8 Å². The molecule has 0 bridgehead atoms. The molecule has 0 aliphatic carbocycles. The SMILES string of the molecule is CC(C)OC(=O)OCOP(=O)(OCOC(O)OC(C)C)OC[C@@]1(CCl)O[C@@H](n2ccc(=O)[nH]c2=O)[C@](C)(O)[C@@H]1O. The van der Waals surface area contributed by atoms with E-state index in [2.05, 4.69) is 4.74 Å². The van der Waals surface area contributed by atoms with Gasteiger partial charge in [-0.2, -0.15) is 0 Å². The highest BCUT2D eigenvalue weighted by atomic mass is 35.5. The number of alkyl halides is 1. The number of ether oxygens (including phenoxy) is 5. The number of carbonyl (C=O) groups excluding carboxylic acids is 1. The van der Waals surface area contributed by atoms with Gasteiger partial charge in [-0.15, -0.1) is 11.6 Å². The molecule has 1 aliphatic heterocycles. The van der Waals surface area contributed by atoms with Crippen molar-refractivity contribution in [1.82, 2.24) is 9.55 Å². The Balaban J connectivity index is 2.22. The van der Waals surface area contributed by atoms with Crippen molar-refractivity contribution in [2.24, 2.45) is 0 Å². The molecule has 2 heterocycles. The zero-order valence-electron chi connectivity index (χ0n) is 22.4. The number of phosphoric ester groups is 1. The van der Waals surface area contributed by atoms with E-state index in [4.69, 9.17) is 44.1 Å². The van der Waals surface area contributed by atoms with Crippen LogP contribution >= 0.6 is 19.4 Å². The summed E-state index contributed by atoms with van der Waals surface area (Å²) >= 11 is 6.07. The summed E-state index contributed by atoms with van der Waals surface area (Å²) in [5.41, 5.74) is -5.88. The van der Waals surface area contributed by atoms with Crippen molar-refractivity contribution >= 4 is 25.6 Å². The largest absolute Gasteiger partial charge is 0.510 e. The first-order valence-corrected chi connectivity index (χ1v) is 13.8. The number of phosphoric acid groups is 1. The van der Waals surface area contributed by atoms with Gasteiger partial charge in [0.15, 0.2) is 13.0 Å². The van der Waals surface area contributed by atoms with E-state index < -0.39 is 93.5 Å². The Morgan fingerprint density at radius 2 is 1.85 bits per heavy atom. The van der Waals surface area contributed by atoms with Crippen LogP contribution in [0.2, 0.25) is 0 Å². The molecule has 4 N–H and O–H groups in total. The van der Waals surface area contributed by atoms with E-state index in [1.807, 2.05) is 4.98 Å². The summed E-state index contributed by atoms with van der Waals surface area (Å²) in [6, 6.07) is 0.988. The van der Waals surface area contributed by atoms with Gasteiger partial charge in [-0.1, -0.05) is 0 Å². The Morgan fingerprint density at radius 3 is 2.42 bits per heavy atom. The van der Waals surface area contributed by atoms with Gasteiger partial charge in [0.05, 0.1) is 24.7 Å². The Morgan fingerprint density at radius 1 is 1.20 bits per heavy atom. The maximum absolute atomic E-state index is 13.3. The predicted octanol–water partition coefficient (Wildman–Crippen LogP) is 0.507. The van der Waals surface area contributed by atoms with Crippen LogP contribution in [0.4, 0.5) is 4.79 Å². The monoisotopic (exact) mass is 620 g/mol. The Bertz CT molecular complexity index is 1140. The fourth-order valence-corrected chi connectivity index (χ4v) is 4.63. The second-order valence-electron chi connectivity index (χ2n) is 9.25. The molecule has 230 valence electrons. The van der Waals surface area contributed by atoms with E-state index in [-0.39, 0.29) is 0 Å². The third kappa shape index (κ3) is 9.06. The molecule has 1 aliphatic rings. The summed E-state index contributed by atoms with van der Waals surface area (Å²) in [4.78, 5) is 37.4. The summed E-state index contributed by atoms with van der Waals surface area (Å²) in [5.74, 6) is -0.576. The van der Waals surface area contributed by atoms with Gasteiger partial charge in [-0.3, -0.25) is 23.4 Å². The molecule has 2 unspecified atom stereocenters. The van der Waals surface area contributed by atoms with Gasteiger partial charge >= 0.3 is 19.7 Å². The minimum absolute atomic E-state index is 0.435. The number of aromatic amines is 1. The Labute approximate surface area is 233 Å². The Kier molecular flexibility index (Phi) is 12.3. The van der Waals surface area contributed by atoms with Crippen LogP contribution in [0.15, 0.2) is 21.9 Å². The van der Waals surface area contributed by atoms with Gasteiger partial charge in [-0.05, 0) is 34.6 Å². The second-order valence-corrected chi connectivity index (χ2v) is 11.2. The molecule has 1 aromatic heterocycles. The summed E-state index contributed by atoms with van der Waals surface area (Å²) in [7, 11) is -4.76. The molecule has 2 rings (SSSR count). The molecule has 1 fully saturated rings. The number of hydrogen-bond acceptors (Lipinski definition) is 15. The summed E-state index contributed by atoms with van der Waals surface area (Å²) in [6.45, 7) is 2.93. The van der Waals surface area contributed by atoms with Crippen LogP contribution in [-0.2, 0) is 41.8 Å². The molecule has 0 radical (unpaired) electrons. The average molecular weight is 621 g/mol. The van der Waals surface area contributed by atoms with E-state index in [1.54, 1.807) is 27.7 Å². The first-order chi connectivity index (χ1) is 18.5. The zero-order chi connectivity index (χ0) is 30.3. The molecule has 17 nitrogen and oxygen atoms in total. The van der Waals surface area contributed by atoms with Crippen LogP contribution in [0.5, 0.6) is 0 Å². The molecule has 1 aromatic rings. The van der Waals surface area contributed by atoms with Crippen molar-refractivity contribution in [3.05, 3.63) is 33.1 Å². The van der Waals surface area contributed by atoms with Gasteiger partial charge in [0.1, 0.15) is 17.3 Å². The molecule has 1 saturated heterocycles. The van der Waals surface area contributed by atoms with Gasteiger partial charge in [0.2, 0.25) is 6.79 Å². The highest BCUT2D eigenvalue weighted by Gasteiger charge is 2.62. The van der Waals surface area contributed by atoms with Crippen LogP contribution in [-0.4, -0.2) is 93.1 Å². The van der Waals surface area contributed by atoms with Crippen molar-refractivity contribution in [3.8, 4) is 0 Å². The topological polar surface area (TPSA) is 224 Å². The quantitative estimate of drug-likeness (QED) is 0.0907. The molecule has 0 aromatic carbocycles. The first-order valence-electron chi connectivity index (χ1n) is 11.8. The fourth-order valence-electron chi connectivity index (χ4n) is 3.37. The first kappa shape index (κ1) is 34.3. The molecule has 0 spiro atoms. The van der Waals surface area contributed by atoms with E-state index in [9.17, 15) is 34.3 Å². The molecule has 0 amide bonds. The zero-order valence-corrected chi connectivity index (χ0v) is 24.0. The lowest BCUT2D eigenvalue weighted by Gasteiger charge is -2.32. The number of carbonyl (C=O) groups is 1. The van der Waals surface area contributed by atoms with Crippen molar-refractivity contribution in [2.45, 2.75) is 76.8 Å². The summed E-state index contributed by atoms with van der Waals surface area (Å²) in [6.07, 6.45) is -4.53. The molecular formula is C21H34ClN2O15P. The van der Waals surface area contributed by atoms with Gasteiger partial charge < -0.3 is 39.0 Å². The third-order valence-electron chi connectivity index (χ3n) is 5.22. The summed E-state index contributed by atoms with van der Waals surface area (Å²) in [5, 5.41) is 31.6. The van der Waals surface area contributed by atoms with Gasteiger partial charge in [-0.25, -0.2) is 18.7 Å². The minimum Gasteiger partial charge on any atom is -0.432 e. The number of aliphatic hydroxyl groups is 3. The average Bonchev–Trinajstić information content (AvgIpc) is 3.03. The minimum atomic E-state index is -4.76. The molecule has 19 heteroatoms. The van der Waals surface area contributed by atoms with Crippen LogP contribution < -0.4 is 11.2 Å². The number of aromatic nitrogens is 2. The lowest BCUT2D eigenvalue weighted by Crippen LogP contribution is -2.53. The number of hydrogen-bond donors (Lipinski definition) is 4. The molecule has 0 saturated carbocycles. The lowest BCUT2D eigenvalue weighted by molar-refractivity contribution is -0.295. The van der Waals surface area contributed by atoms with Crippen LogP contribution in [0.25, 0.3) is 0 Å². The van der Waals surface area contributed by atoms with Crippen LogP contribution in [0, 0.1) is 0 Å². The van der Waals surface area contributed by atoms with E-state index >= 15 is 0 Å². The number of H-pyrrole nitrogens is 1. The highest BCUT2D eigenvalue weighted by molar-refractivity contribution is 7.48. The van der Waals surface area contributed by atoms with E-state index in [0.717, 1.165) is 23.8 Å². The second kappa shape index (κ2) is 14.3. The lowest BCUT2D eigenvalue weighted by atomic mass is 9.89. The highest BCUT2D eigenvalue weighted by Crippen LogP contribution is 2.52. The number of nitrogens with one attached hydrogen (secondary N) is 1. The number of nitrogens with zero attached hydrogens (tertiary/aromatic N) is 1. The number of aliphatic hydroxyl groups excluding tert-OH is 2. The maximum atomic E-state index is 13.3. The van der Waals surface area contributed by atoms with Crippen molar-refractivity contribution in [2.75, 3.05) is 26.1 Å². The molecule has 6 atom stereocenters. The van der Waals surface area contributed by atoms with Crippen molar-refractivity contribution < 1.29 is 61.9 Å². The number of halogens is 1. The summed E-state index contributed by atoms with van der Waals surface area (Å²) < 4.78 is 54.3. The van der Waals surface area contributed by atoms with Crippen molar-refractivity contribution in [3.63, 3.8) is 0 Å². The smallest absolute Gasteiger partial charge is 0.432 e. The van der Waals surface area contributed by atoms with E-state index in [0.29, 0.717) is 0 Å². The molecule has 40 heavy (non-hydrogen) atoms. The normalized spacial score (nSPS) is 27.1.